The Morgan fingerprint density at radius 2 is 2.35 bits per heavy atom. The Morgan fingerprint density at radius 1 is 1.53 bits per heavy atom. The van der Waals surface area contributed by atoms with Crippen LogP contribution in [0.2, 0.25) is 0 Å². The van der Waals surface area contributed by atoms with E-state index in [2.05, 4.69) is 17.9 Å². The van der Waals surface area contributed by atoms with Crippen molar-refractivity contribution in [1.82, 2.24) is 0 Å². The fraction of sp³-hybridized carbons (Fsp3) is 0.500. The van der Waals surface area contributed by atoms with Crippen LogP contribution < -0.4 is 4.90 Å². The van der Waals surface area contributed by atoms with Crippen LogP contribution >= 0.6 is 11.6 Å². The minimum atomic E-state index is 0.465. The fourth-order valence-electron chi connectivity index (χ4n) is 2.42. The largest absolute Gasteiger partial charge is 0.370 e. The van der Waals surface area contributed by atoms with E-state index < -0.39 is 0 Å². The van der Waals surface area contributed by atoms with Gasteiger partial charge in [0.05, 0.1) is 11.3 Å². The van der Waals surface area contributed by atoms with Crippen LogP contribution in [0.15, 0.2) is 18.2 Å². The van der Waals surface area contributed by atoms with Crippen LogP contribution in [0.3, 0.4) is 0 Å². The maximum absolute atomic E-state index is 9.20. The number of hydrogen-bond acceptors (Lipinski definition) is 2. The third-order valence-corrected chi connectivity index (χ3v) is 3.85. The molecule has 1 fully saturated rings. The van der Waals surface area contributed by atoms with Gasteiger partial charge in [0.25, 0.3) is 0 Å². The van der Waals surface area contributed by atoms with Crippen molar-refractivity contribution in [2.45, 2.75) is 25.6 Å². The van der Waals surface area contributed by atoms with Gasteiger partial charge in [0.15, 0.2) is 0 Å². The van der Waals surface area contributed by atoms with E-state index in [1.54, 1.807) is 0 Å². The first-order valence-electron chi connectivity index (χ1n) is 6.12. The smallest absolute Gasteiger partial charge is 0.101 e. The number of nitrogens with zero attached hydrogens (tertiary/aromatic N) is 2. The van der Waals surface area contributed by atoms with E-state index in [4.69, 9.17) is 11.6 Å². The molecule has 1 unspecified atom stereocenters. The molecule has 0 radical (unpaired) electrons. The zero-order chi connectivity index (χ0) is 12.3. The van der Waals surface area contributed by atoms with Crippen molar-refractivity contribution in [3.05, 3.63) is 29.3 Å². The second-order valence-electron chi connectivity index (χ2n) is 4.61. The standard InChI is InChI=1S/C14H17ClN2/c1-2-11-5-6-17(10-11)14-4-3-12(8-15)7-13(14)9-16/h3-4,7,11H,2,5-6,8,10H2,1H3. The van der Waals surface area contributed by atoms with E-state index in [1.807, 2.05) is 18.2 Å². The molecule has 1 heterocycles. The molecule has 1 aromatic rings. The van der Waals surface area contributed by atoms with Crippen molar-refractivity contribution in [3.63, 3.8) is 0 Å². The highest BCUT2D eigenvalue weighted by molar-refractivity contribution is 6.17. The van der Waals surface area contributed by atoms with Gasteiger partial charge in [-0.1, -0.05) is 19.4 Å². The van der Waals surface area contributed by atoms with Crippen molar-refractivity contribution in [2.24, 2.45) is 5.92 Å². The molecule has 0 N–H and O–H groups in total. The molecule has 90 valence electrons. The van der Waals surface area contributed by atoms with Crippen LogP contribution in [0.1, 0.15) is 30.9 Å². The lowest BCUT2D eigenvalue weighted by molar-refractivity contribution is 0.569. The normalized spacial score (nSPS) is 19.4. The van der Waals surface area contributed by atoms with E-state index in [-0.39, 0.29) is 0 Å². The minimum Gasteiger partial charge on any atom is -0.370 e. The molecule has 1 aliphatic heterocycles. The first-order chi connectivity index (χ1) is 8.28. The van der Waals surface area contributed by atoms with E-state index in [0.29, 0.717) is 5.88 Å². The zero-order valence-corrected chi connectivity index (χ0v) is 10.9. The van der Waals surface area contributed by atoms with Crippen LogP contribution in [0.5, 0.6) is 0 Å². The minimum absolute atomic E-state index is 0.465. The number of halogens is 1. The topological polar surface area (TPSA) is 27.0 Å². The first-order valence-corrected chi connectivity index (χ1v) is 6.65. The Bertz CT molecular complexity index is 436. The summed E-state index contributed by atoms with van der Waals surface area (Å²) in [5, 5.41) is 9.20. The molecule has 0 spiro atoms. The van der Waals surface area contributed by atoms with E-state index >= 15 is 0 Å². The average Bonchev–Trinajstić information content (AvgIpc) is 2.86. The van der Waals surface area contributed by atoms with Gasteiger partial charge in [-0.15, -0.1) is 11.6 Å². The summed E-state index contributed by atoms with van der Waals surface area (Å²) in [6.07, 6.45) is 2.46. The number of benzene rings is 1. The molecule has 2 rings (SSSR count). The Hall–Kier alpha value is -1.20. The molecule has 0 bridgehead atoms. The molecule has 0 aromatic heterocycles. The molecule has 17 heavy (non-hydrogen) atoms. The van der Waals surface area contributed by atoms with Crippen LogP contribution in [0.4, 0.5) is 5.69 Å². The lowest BCUT2D eigenvalue weighted by Gasteiger charge is -2.20. The predicted molar refractivity (Wildman–Crippen MR) is 71.3 cm³/mol. The molecule has 3 heteroatoms. The summed E-state index contributed by atoms with van der Waals surface area (Å²) >= 11 is 5.79. The predicted octanol–water partition coefficient (Wildman–Crippen LogP) is 3.53. The zero-order valence-electron chi connectivity index (χ0n) is 10.1. The van der Waals surface area contributed by atoms with Gasteiger partial charge < -0.3 is 4.90 Å². The van der Waals surface area contributed by atoms with Gasteiger partial charge in [-0.2, -0.15) is 5.26 Å². The van der Waals surface area contributed by atoms with Crippen LogP contribution in [0.25, 0.3) is 0 Å². The second kappa shape index (κ2) is 5.42. The Labute approximate surface area is 108 Å². The lowest BCUT2D eigenvalue weighted by atomic mass is 10.1. The van der Waals surface area contributed by atoms with E-state index in [1.165, 1.54) is 12.8 Å². The maximum atomic E-state index is 9.20. The molecule has 0 amide bonds. The Balaban J connectivity index is 2.24. The molecule has 1 atom stereocenters. The maximum Gasteiger partial charge on any atom is 0.101 e. The van der Waals surface area contributed by atoms with Gasteiger partial charge in [0.1, 0.15) is 6.07 Å². The van der Waals surface area contributed by atoms with Gasteiger partial charge in [-0.25, -0.2) is 0 Å². The summed E-state index contributed by atoms with van der Waals surface area (Å²) in [5.41, 5.74) is 2.83. The van der Waals surface area contributed by atoms with Crippen LogP contribution in [-0.4, -0.2) is 13.1 Å². The summed E-state index contributed by atoms with van der Waals surface area (Å²) in [6, 6.07) is 8.24. The van der Waals surface area contributed by atoms with Crippen LogP contribution in [-0.2, 0) is 5.88 Å². The highest BCUT2D eigenvalue weighted by Gasteiger charge is 2.22. The number of hydrogen-bond donors (Lipinski definition) is 0. The van der Waals surface area contributed by atoms with Crippen molar-refractivity contribution in [1.29, 1.82) is 5.26 Å². The summed E-state index contributed by atoms with van der Waals surface area (Å²) in [7, 11) is 0. The second-order valence-corrected chi connectivity index (χ2v) is 4.87. The average molecular weight is 249 g/mol. The molecule has 0 saturated carbocycles. The van der Waals surface area contributed by atoms with Crippen molar-refractivity contribution < 1.29 is 0 Å². The summed E-state index contributed by atoms with van der Waals surface area (Å²) in [5.74, 6) is 1.24. The summed E-state index contributed by atoms with van der Waals surface area (Å²) in [4.78, 5) is 2.32. The monoisotopic (exact) mass is 248 g/mol. The quantitative estimate of drug-likeness (QED) is 0.765. The Kier molecular flexibility index (Phi) is 3.91. The highest BCUT2D eigenvalue weighted by atomic mass is 35.5. The van der Waals surface area contributed by atoms with Gasteiger partial charge in [-0.3, -0.25) is 0 Å². The van der Waals surface area contributed by atoms with Crippen molar-refractivity contribution in [3.8, 4) is 6.07 Å². The highest BCUT2D eigenvalue weighted by Crippen LogP contribution is 2.29. The number of rotatable bonds is 3. The fourth-order valence-corrected chi connectivity index (χ4v) is 2.58. The van der Waals surface area contributed by atoms with Gasteiger partial charge >= 0.3 is 0 Å². The third-order valence-electron chi connectivity index (χ3n) is 3.54. The van der Waals surface area contributed by atoms with Gasteiger partial charge in [0.2, 0.25) is 0 Å². The molecular formula is C14H17ClN2. The molecule has 1 aliphatic rings. The lowest BCUT2D eigenvalue weighted by Crippen LogP contribution is -2.20. The van der Waals surface area contributed by atoms with E-state index in [9.17, 15) is 5.26 Å². The number of anilines is 1. The summed E-state index contributed by atoms with van der Waals surface area (Å²) in [6.45, 7) is 4.37. The molecule has 2 nitrogen and oxygen atoms in total. The van der Waals surface area contributed by atoms with Crippen molar-refractivity contribution >= 4 is 17.3 Å². The SMILES string of the molecule is CCC1CCN(c2ccc(CCl)cc2C#N)C1. The molecule has 1 saturated heterocycles. The van der Waals surface area contributed by atoms with Crippen LogP contribution in [0, 0.1) is 17.2 Å². The molecule has 1 aromatic carbocycles. The van der Waals surface area contributed by atoms with Crippen molar-refractivity contribution in [2.75, 3.05) is 18.0 Å². The Morgan fingerprint density at radius 3 is 2.94 bits per heavy atom. The summed E-state index contributed by atoms with van der Waals surface area (Å²) < 4.78 is 0. The molecule has 0 aliphatic carbocycles. The van der Waals surface area contributed by atoms with Gasteiger partial charge in [0, 0.05) is 19.0 Å². The third kappa shape index (κ3) is 2.56. The van der Waals surface area contributed by atoms with Gasteiger partial charge in [-0.05, 0) is 30.0 Å². The number of nitriles is 1. The van der Waals surface area contributed by atoms with E-state index in [0.717, 1.165) is 35.8 Å². The molecular weight excluding hydrogens is 232 g/mol. The first kappa shape index (κ1) is 12.3. The number of alkyl halides is 1.